The van der Waals surface area contributed by atoms with E-state index in [0.29, 0.717) is 29.7 Å². The molecule has 1 unspecified atom stereocenters. The van der Waals surface area contributed by atoms with Gasteiger partial charge in [-0.25, -0.2) is 8.42 Å². The van der Waals surface area contributed by atoms with E-state index in [0.717, 1.165) is 44.1 Å². The first-order valence-corrected chi connectivity index (χ1v) is 11.0. The summed E-state index contributed by atoms with van der Waals surface area (Å²) in [5.74, 6) is 0.976. The van der Waals surface area contributed by atoms with Gasteiger partial charge in [0.05, 0.1) is 16.4 Å². The summed E-state index contributed by atoms with van der Waals surface area (Å²) >= 11 is 0. The maximum absolute atomic E-state index is 13.0. The van der Waals surface area contributed by atoms with E-state index in [1.807, 2.05) is 19.1 Å². The van der Waals surface area contributed by atoms with Crippen LogP contribution in [0.25, 0.3) is 0 Å². The minimum Gasteiger partial charge on any atom is -0.339 e. The molecule has 2 aliphatic rings. The maximum atomic E-state index is 13.0. The fourth-order valence-corrected chi connectivity index (χ4v) is 5.58. The molecule has 4 rings (SSSR count). The Morgan fingerprint density at radius 3 is 2.59 bits per heavy atom. The lowest BCUT2D eigenvalue weighted by atomic mass is 9.97. The average molecular weight is 391 g/mol. The first kappa shape index (κ1) is 18.6. The summed E-state index contributed by atoms with van der Waals surface area (Å²) in [5, 5.41) is 4.12. The monoisotopic (exact) mass is 390 g/mol. The van der Waals surface area contributed by atoms with Crippen molar-refractivity contribution < 1.29 is 12.9 Å². The molecule has 0 radical (unpaired) electrons. The van der Waals surface area contributed by atoms with Gasteiger partial charge in [0.25, 0.3) is 0 Å². The molecule has 2 N–H and O–H groups in total. The quantitative estimate of drug-likeness (QED) is 0.861. The summed E-state index contributed by atoms with van der Waals surface area (Å²) in [6, 6.07) is 6.97. The van der Waals surface area contributed by atoms with Gasteiger partial charge in [0.15, 0.2) is 5.82 Å². The molecule has 2 aromatic rings. The van der Waals surface area contributed by atoms with E-state index in [2.05, 4.69) is 10.1 Å². The van der Waals surface area contributed by atoms with Crippen LogP contribution in [-0.4, -0.2) is 36.0 Å². The zero-order valence-corrected chi connectivity index (χ0v) is 16.4. The van der Waals surface area contributed by atoms with Crippen LogP contribution < -0.4 is 5.73 Å². The van der Waals surface area contributed by atoms with Crippen molar-refractivity contribution in [2.24, 2.45) is 5.73 Å². The molecule has 146 valence electrons. The number of benzene rings is 1. The van der Waals surface area contributed by atoms with Gasteiger partial charge in [-0.15, -0.1) is 0 Å². The molecule has 2 fully saturated rings. The van der Waals surface area contributed by atoms with E-state index >= 15 is 0 Å². The summed E-state index contributed by atoms with van der Waals surface area (Å²) in [6.45, 7) is 2.80. The third-order valence-electron chi connectivity index (χ3n) is 5.77. The molecule has 1 aliphatic heterocycles. The number of piperidine rings is 1. The lowest BCUT2D eigenvalue weighted by Gasteiger charge is -2.30. The third kappa shape index (κ3) is 3.53. The molecule has 0 spiro atoms. The third-order valence-corrected chi connectivity index (χ3v) is 7.65. The van der Waals surface area contributed by atoms with Gasteiger partial charge < -0.3 is 10.3 Å². The Balaban J connectivity index is 1.53. The van der Waals surface area contributed by atoms with Gasteiger partial charge in [0.2, 0.25) is 15.9 Å². The van der Waals surface area contributed by atoms with Gasteiger partial charge >= 0.3 is 0 Å². The molecule has 1 aliphatic carbocycles. The minimum absolute atomic E-state index is 0.0924. The molecule has 1 saturated heterocycles. The molecule has 2 heterocycles. The molecule has 27 heavy (non-hydrogen) atoms. The van der Waals surface area contributed by atoms with Gasteiger partial charge in [-0.1, -0.05) is 35.7 Å². The maximum Gasteiger partial charge on any atom is 0.243 e. The number of nitrogens with two attached hydrogens (primary N) is 1. The zero-order chi connectivity index (χ0) is 19.1. The summed E-state index contributed by atoms with van der Waals surface area (Å²) in [6.07, 6.45) is 5.48. The van der Waals surface area contributed by atoms with E-state index in [1.54, 1.807) is 12.1 Å². The van der Waals surface area contributed by atoms with Crippen LogP contribution in [0.1, 0.15) is 61.7 Å². The van der Waals surface area contributed by atoms with Crippen LogP contribution in [-0.2, 0) is 15.6 Å². The Bertz CT molecular complexity index is 901. The summed E-state index contributed by atoms with van der Waals surface area (Å²) < 4.78 is 33.0. The van der Waals surface area contributed by atoms with Gasteiger partial charge in [0.1, 0.15) is 0 Å². The number of aryl methyl sites for hydroxylation is 1. The highest BCUT2D eigenvalue weighted by molar-refractivity contribution is 7.89. The lowest BCUT2D eigenvalue weighted by Crippen LogP contribution is -2.39. The number of sulfonamides is 1. The van der Waals surface area contributed by atoms with Crippen molar-refractivity contribution in [2.75, 3.05) is 13.1 Å². The molecular formula is C19H26N4O3S. The van der Waals surface area contributed by atoms with Crippen LogP contribution in [0, 0.1) is 6.92 Å². The first-order chi connectivity index (χ1) is 12.9. The van der Waals surface area contributed by atoms with Crippen LogP contribution >= 0.6 is 0 Å². The Kier molecular flexibility index (Phi) is 4.82. The van der Waals surface area contributed by atoms with E-state index in [4.69, 9.17) is 10.3 Å². The van der Waals surface area contributed by atoms with Crippen LogP contribution in [0.5, 0.6) is 0 Å². The number of aromatic nitrogens is 2. The minimum atomic E-state index is -3.52. The van der Waals surface area contributed by atoms with Gasteiger partial charge in [0, 0.05) is 13.1 Å². The summed E-state index contributed by atoms with van der Waals surface area (Å²) in [5.41, 5.74) is 6.95. The van der Waals surface area contributed by atoms with Crippen molar-refractivity contribution in [1.82, 2.24) is 14.4 Å². The van der Waals surface area contributed by atoms with Crippen LogP contribution in [0.2, 0.25) is 0 Å². The number of nitrogens with zero attached hydrogens (tertiary/aromatic N) is 3. The Hall–Kier alpha value is -1.77. The van der Waals surface area contributed by atoms with E-state index in [1.165, 1.54) is 4.31 Å². The van der Waals surface area contributed by atoms with Crippen molar-refractivity contribution in [3.05, 3.63) is 41.5 Å². The highest BCUT2D eigenvalue weighted by Crippen LogP contribution is 2.36. The molecule has 1 aromatic heterocycles. The predicted octanol–water partition coefficient (Wildman–Crippen LogP) is 2.67. The van der Waals surface area contributed by atoms with Gasteiger partial charge in [-0.2, -0.15) is 9.29 Å². The van der Waals surface area contributed by atoms with Crippen LogP contribution in [0.15, 0.2) is 33.7 Å². The number of hydrogen-bond acceptors (Lipinski definition) is 6. The van der Waals surface area contributed by atoms with Crippen LogP contribution in [0.4, 0.5) is 0 Å². The smallest absolute Gasteiger partial charge is 0.243 e. The molecular weight excluding hydrogens is 364 g/mol. The van der Waals surface area contributed by atoms with Crippen molar-refractivity contribution in [2.45, 2.75) is 61.8 Å². The Labute approximate surface area is 160 Å². The largest absolute Gasteiger partial charge is 0.339 e. The van der Waals surface area contributed by atoms with E-state index in [-0.39, 0.29) is 5.92 Å². The lowest BCUT2D eigenvalue weighted by molar-refractivity contribution is 0.263. The van der Waals surface area contributed by atoms with Crippen LogP contribution in [0.3, 0.4) is 0 Å². The van der Waals surface area contributed by atoms with Gasteiger partial charge in [-0.05, 0) is 44.7 Å². The SMILES string of the molecule is Cc1ccc(S(=O)(=O)N2CCCC(c3nc(C4(N)CCCC4)no3)C2)cc1. The second kappa shape index (κ2) is 7.00. The highest BCUT2D eigenvalue weighted by atomic mass is 32.2. The van der Waals surface area contributed by atoms with Crippen molar-refractivity contribution in [3.8, 4) is 0 Å². The summed E-state index contributed by atoms with van der Waals surface area (Å²) in [4.78, 5) is 4.89. The standard InChI is InChI=1S/C19H26N4O3S/c1-14-6-8-16(9-7-14)27(24,25)23-12-4-5-15(13-23)17-21-18(22-26-17)19(20)10-2-3-11-19/h6-9,15H,2-5,10-13,20H2,1H3. The van der Waals surface area contributed by atoms with Crippen molar-refractivity contribution in [3.63, 3.8) is 0 Å². The Morgan fingerprint density at radius 1 is 1.19 bits per heavy atom. The Morgan fingerprint density at radius 2 is 1.89 bits per heavy atom. The fourth-order valence-electron chi connectivity index (χ4n) is 4.05. The molecule has 0 amide bonds. The van der Waals surface area contributed by atoms with Crippen molar-refractivity contribution >= 4 is 10.0 Å². The summed E-state index contributed by atoms with van der Waals surface area (Å²) in [7, 11) is -3.52. The van der Waals surface area contributed by atoms with Gasteiger partial charge in [-0.3, -0.25) is 0 Å². The fraction of sp³-hybridized carbons (Fsp3) is 0.579. The first-order valence-electron chi connectivity index (χ1n) is 9.58. The molecule has 7 nitrogen and oxygen atoms in total. The van der Waals surface area contributed by atoms with Crippen molar-refractivity contribution in [1.29, 1.82) is 0 Å². The molecule has 1 saturated carbocycles. The zero-order valence-electron chi connectivity index (χ0n) is 15.6. The molecule has 1 aromatic carbocycles. The number of rotatable bonds is 4. The average Bonchev–Trinajstić information content (AvgIpc) is 3.32. The highest BCUT2D eigenvalue weighted by Gasteiger charge is 2.38. The second-order valence-electron chi connectivity index (χ2n) is 7.83. The normalized spacial score (nSPS) is 23.6. The second-order valence-corrected chi connectivity index (χ2v) is 9.77. The van der Waals surface area contributed by atoms with E-state index in [9.17, 15) is 8.42 Å². The molecule has 0 bridgehead atoms. The molecule has 8 heteroatoms. The molecule has 1 atom stereocenters. The predicted molar refractivity (Wildman–Crippen MR) is 101 cm³/mol. The topological polar surface area (TPSA) is 102 Å². The van der Waals surface area contributed by atoms with E-state index < -0.39 is 15.6 Å². The number of hydrogen-bond donors (Lipinski definition) is 1.